The average molecular weight is 241 g/mol. The fraction of sp³-hybridized carbons (Fsp3) is 0.231. The van der Waals surface area contributed by atoms with Crippen molar-refractivity contribution in [2.24, 2.45) is 5.73 Å². The first-order chi connectivity index (χ1) is 8.79. The molecule has 3 rings (SSSR count). The second kappa shape index (κ2) is 4.27. The fourth-order valence-electron chi connectivity index (χ4n) is 2.19. The molecule has 1 aromatic carbocycles. The van der Waals surface area contributed by atoms with Crippen molar-refractivity contribution >= 4 is 11.0 Å². The molecule has 0 bridgehead atoms. The van der Waals surface area contributed by atoms with E-state index in [4.69, 9.17) is 5.73 Å². The third-order valence-electron chi connectivity index (χ3n) is 3.20. The van der Waals surface area contributed by atoms with Gasteiger partial charge in [-0.2, -0.15) is 5.10 Å². The number of imidazole rings is 1. The van der Waals surface area contributed by atoms with Gasteiger partial charge in [0.15, 0.2) is 0 Å². The normalized spacial score (nSPS) is 11.2. The van der Waals surface area contributed by atoms with Crippen LogP contribution in [0.4, 0.5) is 0 Å². The minimum Gasteiger partial charge on any atom is -0.345 e. The van der Waals surface area contributed by atoms with Gasteiger partial charge >= 0.3 is 0 Å². The van der Waals surface area contributed by atoms with Gasteiger partial charge in [0.1, 0.15) is 0 Å². The quantitative estimate of drug-likeness (QED) is 0.653. The molecule has 0 saturated carbocycles. The summed E-state index contributed by atoms with van der Waals surface area (Å²) < 4.78 is 0. The molecule has 5 nitrogen and oxygen atoms in total. The highest BCUT2D eigenvalue weighted by molar-refractivity contribution is 5.81. The molecule has 0 unspecified atom stereocenters. The number of nitrogens with two attached hydrogens (primary N) is 1. The molecule has 0 aliphatic rings. The van der Waals surface area contributed by atoms with E-state index in [2.05, 4.69) is 33.2 Å². The Hall–Kier alpha value is -2.14. The molecule has 0 spiro atoms. The highest BCUT2D eigenvalue weighted by Crippen LogP contribution is 2.25. The number of hydrogen-bond donors (Lipinski definition) is 3. The Labute approximate surface area is 104 Å². The lowest BCUT2D eigenvalue weighted by Gasteiger charge is -2.00. The molecule has 0 atom stereocenters. The Morgan fingerprint density at radius 1 is 1.33 bits per heavy atom. The van der Waals surface area contributed by atoms with Gasteiger partial charge < -0.3 is 10.7 Å². The maximum Gasteiger partial charge on any atom is 0.0953 e. The van der Waals surface area contributed by atoms with E-state index in [0.29, 0.717) is 6.54 Å². The van der Waals surface area contributed by atoms with Crippen LogP contribution in [0.15, 0.2) is 24.5 Å². The van der Waals surface area contributed by atoms with Crippen molar-refractivity contribution < 1.29 is 0 Å². The van der Waals surface area contributed by atoms with Crippen LogP contribution in [0.1, 0.15) is 11.3 Å². The van der Waals surface area contributed by atoms with Crippen LogP contribution in [0.3, 0.4) is 0 Å². The molecule has 0 radical (unpaired) electrons. The van der Waals surface area contributed by atoms with Crippen LogP contribution in [-0.4, -0.2) is 26.7 Å². The van der Waals surface area contributed by atoms with Crippen LogP contribution in [0.2, 0.25) is 0 Å². The van der Waals surface area contributed by atoms with E-state index in [1.54, 1.807) is 6.33 Å². The minimum atomic E-state index is 0.627. The van der Waals surface area contributed by atoms with E-state index in [0.717, 1.165) is 34.4 Å². The maximum absolute atomic E-state index is 5.58. The third kappa shape index (κ3) is 1.69. The van der Waals surface area contributed by atoms with E-state index in [1.165, 1.54) is 5.56 Å². The Balaban J connectivity index is 2.07. The molecule has 0 amide bonds. The number of hydrogen-bond acceptors (Lipinski definition) is 3. The summed E-state index contributed by atoms with van der Waals surface area (Å²) in [6.45, 7) is 2.70. The van der Waals surface area contributed by atoms with E-state index >= 15 is 0 Å². The lowest BCUT2D eigenvalue weighted by molar-refractivity contribution is 0.896. The molecule has 18 heavy (non-hydrogen) atoms. The van der Waals surface area contributed by atoms with Crippen molar-refractivity contribution in [1.82, 2.24) is 20.2 Å². The molecule has 2 heterocycles. The molecular weight excluding hydrogens is 226 g/mol. The Kier molecular flexibility index (Phi) is 2.60. The Morgan fingerprint density at radius 3 is 3.06 bits per heavy atom. The summed E-state index contributed by atoms with van der Waals surface area (Å²) in [4.78, 5) is 7.32. The minimum absolute atomic E-state index is 0.627. The number of nitrogens with one attached hydrogen (secondary N) is 2. The topological polar surface area (TPSA) is 83.4 Å². The summed E-state index contributed by atoms with van der Waals surface area (Å²) in [5.41, 5.74) is 11.9. The predicted octanol–water partition coefficient (Wildman–Crippen LogP) is 1.76. The molecule has 0 aliphatic carbocycles. The summed E-state index contributed by atoms with van der Waals surface area (Å²) >= 11 is 0. The van der Waals surface area contributed by atoms with E-state index in [1.807, 2.05) is 12.1 Å². The van der Waals surface area contributed by atoms with Crippen molar-refractivity contribution in [3.05, 3.63) is 35.8 Å². The van der Waals surface area contributed by atoms with E-state index < -0.39 is 0 Å². The molecule has 0 saturated heterocycles. The van der Waals surface area contributed by atoms with Crippen molar-refractivity contribution in [2.45, 2.75) is 13.3 Å². The van der Waals surface area contributed by atoms with Gasteiger partial charge in [-0.1, -0.05) is 6.07 Å². The number of nitrogens with zero attached hydrogens (tertiary/aromatic N) is 2. The lowest BCUT2D eigenvalue weighted by Crippen LogP contribution is -2.03. The van der Waals surface area contributed by atoms with Gasteiger partial charge in [0.25, 0.3) is 0 Å². The average Bonchev–Trinajstić information content (AvgIpc) is 2.97. The number of aromatic amines is 2. The van der Waals surface area contributed by atoms with Gasteiger partial charge in [0.2, 0.25) is 0 Å². The first kappa shape index (κ1) is 11.0. The molecule has 92 valence electrons. The van der Waals surface area contributed by atoms with Gasteiger partial charge in [-0.15, -0.1) is 0 Å². The standard InChI is InChI=1S/C13H15N5/c1-8-10(4-5-14)17-18-13(8)9-2-3-11-12(6-9)16-7-15-11/h2-3,6-7H,4-5,14H2,1H3,(H,15,16)(H,17,18). The smallest absolute Gasteiger partial charge is 0.0953 e. The zero-order valence-electron chi connectivity index (χ0n) is 10.2. The molecule has 5 heteroatoms. The monoisotopic (exact) mass is 241 g/mol. The van der Waals surface area contributed by atoms with Gasteiger partial charge in [0.05, 0.1) is 23.1 Å². The number of benzene rings is 1. The summed E-state index contributed by atoms with van der Waals surface area (Å²) in [7, 11) is 0. The molecule has 2 aromatic heterocycles. The molecule has 0 fully saturated rings. The zero-order valence-corrected chi connectivity index (χ0v) is 10.2. The van der Waals surface area contributed by atoms with Crippen LogP contribution in [0.5, 0.6) is 0 Å². The van der Waals surface area contributed by atoms with E-state index in [9.17, 15) is 0 Å². The summed E-state index contributed by atoms with van der Waals surface area (Å²) in [5.74, 6) is 0. The Bertz CT molecular complexity index is 680. The number of aromatic nitrogens is 4. The van der Waals surface area contributed by atoms with Gasteiger partial charge in [-0.3, -0.25) is 5.10 Å². The third-order valence-corrected chi connectivity index (χ3v) is 3.20. The second-order valence-electron chi connectivity index (χ2n) is 4.35. The second-order valence-corrected chi connectivity index (χ2v) is 4.35. The Morgan fingerprint density at radius 2 is 2.22 bits per heavy atom. The number of rotatable bonds is 3. The summed E-state index contributed by atoms with van der Waals surface area (Å²) in [6.07, 6.45) is 2.52. The first-order valence-electron chi connectivity index (χ1n) is 5.97. The highest BCUT2D eigenvalue weighted by atomic mass is 15.1. The van der Waals surface area contributed by atoms with Crippen molar-refractivity contribution in [1.29, 1.82) is 0 Å². The summed E-state index contributed by atoms with van der Waals surface area (Å²) in [6, 6.07) is 6.11. The van der Waals surface area contributed by atoms with Crippen LogP contribution in [0.25, 0.3) is 22.3 Å². The van der Waals surface area contributed by atoms with E-state index in [-0.39, 0.29) is 0 Å². The van der Waals surface area contributed by atoms with Crippen LogP contribution in [-0.2, 0) is 6.42 Å². The fourth-order valence-corrected chi connectivity index (χ4v) is 2.19. The highest BCUT2D eigenvalue weighted by Gasteiger charge is 2.11. The lowest BCUT2D eigenvalue weighted by atomic mass is 10.1. The first-order valence-corrected chi connectivity index (χ1v) is 5.97. The van der Waals surface area contributed by atoms with Crippen molar-refractivity contribution in [3.63, 3.8) is 0 Å². The number of fused-ring (bicyclic) bond motifs is 1. The van der Waals surface area contributed by atoms with Gasteiger partial charge in [0, 0.05) is 17.7 Å². The number of H-pyrrole nitrogens is 2. The maximum atomic E-state index is 5.58. The molecule has 0 aliphatic heterocycles. The molecule has 3 aromatic rings. The van der Waals surface area contributed by atoms with Crippen molar-refractivity contribution in [2.75, 3.05) is 6.54 Å². The zero-order chi connectivity index (χ0) is 12.5. The molecular formula is C13H15N5. The largest absolute Gasteiger partial charge is 0.345 e. The van der Waals surface area contributed by atoms with Crippen LogP contribution in [0, 0.1) is 6.92 Å². The van der Waals surface area contributed by atoms with Gasteiger partial charge in [-0.05, 0) is 31.2 Å². The van der Waals surface area contributed by atoms with Crippen molar-refractivity contribution in [3.8, 4) is 11.3 Å². The predicted molar refractivity (Wildman–Crippen MR) is 71.2 cm³/mol. The molecule has 4 N–H and O–H groups in total. The summed E-state index contributed by atoms with van der Waals surface area (Å²) in [5, 5.41) is 7.44. The van der Waals surface area contributed by atoms with Crippen LogP contribution < -0.4 is 5.73 Å². The SMILES string of the molecule is Cc1c(-c2ccc3nc[nH]c3c2)n[nH]c1CCN. The van der Waals surface area contributed by atoms with Gasteiger partial charge in [-0.25, -0.2) is 4.98 Å². The van der Waals surface area contributed by atoms with Crippen LogP contribution >= 0.6 is 0 Å².